The van der Waals surface area contributed by atoms with E-state index in [1.807, 2.05) is 50.2 Å². The Morgan fingerprint density at radius 3 is 2.59 bits per heavy atom. The van der Waals surface area contributed by atoms with Crippen molar-refractivity contribution in [2.24, 2.45) is 11.8 Å². The van der Waals surface area contributed by atoms with E-state index in [1.165, 1.54) is 13.8 Å². The van der Waals surface area contributed by atoms with Gasteiger partial charge in [0.15, 0.2) is 5.60 Å². The minimum atomic E-state index is -1.69. The summed E-state index contributed by atoms with van der Waals surface area (Å²) in [6.07, 6.45) is -0.310. The number of fused-ring (bicyclic) bond motifs is 3. The minimum absolute atomic E-state index is 0.0674. The van der Waals surface area contributed by atoms with Gasteiger partial charge in [-0.05, 0) is 65.9 Å². The molecule has 3 aliphatic heterocycles. The van der Waals surface area contributed by atoms with E-state index in [4.69, 9.17) is 4.74 Å². The number of carbonyl (C=O) groups is 2. The Labute approximate surface area is 225 Å². The van der Waals surface area contributed by atoms with Crippen molar-refractivity contribution in [3.8, 4) is 0 Å². The lowest BCUT2D eigenvalue weighted by Crippen LogP contribution is -2.48. The average molecular weight is 574 g/mol. The standard InChI is InChI=1S/C29H34BrFN2O4/c1-16-10-21-26(22(30)11-16)32(5)27(36)29(21)17(2)25(28(3,4)31)23(37-29)13-24(35)33-14-19-9-7-6-8-18(19)12-20(33)15-34/h6-11,17,20,23,25,34H,12-15H2,1-5H3/t17-,20-,23+,25-,29+/m0/s1. The minimum Gasteiger partial charge on any atom is -0.394 e. The van der Waals surface area contributed by atoms with Crippen molar-refractivity contribution in [3.63, 3.8) is 0 Å². The Bertz CT molecular complexity index is 1260. The molecule has 0 unspecified atom stereocenters. The molecule has 1 N–H and O–H groups in total. The number of alkyl halides is 1. The molecule has 5 rings (SSSR count). The summed E-state index contributed by atoms with van der Waals surface area (Å²) in [7, 11) is 1.71. The van der Waals surface area contributed by atoms with Crippen LogP contribution in [0.3, 0.4) is 0 Å². The van der Waals surface area contributed by atoms with Gasteiger partial charge in [-0.3, -0.25) is 9.59 Å². The van der Waals surface area contributed by atoms with Crippen LogP contribution in [0.25, 0.3) is 0 Å². The number of amides is 2. The van der Waals surface area contributed by atoms with E-state index >= 15 is 4.39 Å². The molecule has 2 aromatic carbocycles. The topological polar surface area (TPSA) is 70.1 Å². The largest absolute Gasteiger partial charge is 0.394 e. The molecule has 3 aliphatic rings. The van der Waals surface area contributed by atoms with Crippen LogP contribution in [0.15, 0.2) is 40.9 Å². The molecular weight excluding hydrogens is 539 g/mol. The van der Waals surface area contributed by atoms with Crippen LogP contribution in [0, 0.1) is 18.8 Å². The van der Waals surface area contributed by atoms with Gasteiger partial charge in [-0.1, -0.05) is 37.3 Å². The Morgan fingerprint density at radius 2 is 1.95 bits per heavy atom. The predicted octanol–water partition coefficient (Wildman–Crippen LogP) is 4.66. The number of halogens is 2. The summed E-state index contributed by atoms with van der Waals surface area (Å²) in [6, 6.07) is 11.4. The van der Waals surface area contributed by atoms with Crippen LogP contribution in [0.5, 0.6) is 0 Å². The summed E-state index contributed by atoms with van der Waals surface area (Å²) < 4.78 is 23.2. The molecule has 2 amide bonds. The Balaban J connectivity index is 1.51. The number of likely N-dealkylation sites (N-methyl/N-ethyl adjacent to an activating group) is 1. The SMILES string of the molecule is Cc1cc(Br)c2c(c1)[C@@]1(O[C@H](CC(=O)N3Cc4ccccc4C[C@H]3CO)[C@@H](C(C)(C)F)[C@@H]1C)C(=O)N2C. The third-order valence-electron chi connectivity index (χ3n) is 8.54. The number of aryl methyl sites for hydroxylation is 1. The van der Waals surface area contributed by atoms with E-state index in [-0.39, 0.29) is 30.9 Å². The maximum absolute atomic E-state index is 15.8. The number of hydrogen-bond acceptors (Lipinski definition) is 4. The molecule has 198 valence electrons. The second-order valence-electron chi connectivity index (χ2n) is 11.3. The zero-order valence-electron chi connectivity index (χ0n) is 21.9. The first-order valence-corrected chi connectivity index (χ1v) is 13.6. The number of hydrogen-bond donors (Lipinski definition) is 1. The van der Waals surface area contributed by atoms with Crippen molar-refractivity contribution in [2.75, 3.05) is 18.6 Å². The Kier molecular flexibility index (Phi) is 6.52. The number of benzene rings is 2. The van der Waals surface area contributed by atoms with Crippen LogP contribution in [-0.4, -0.2) is 53.3 Å². The molecule has 3 heterocycles. The summed E-state index contributed by atoms with van der Waals surface area (Å²) in [5.41, 5.74) is 1.49. The summed E-state index contributed by atoms with van der Waals surface area (Å²) in [4.78, 5) is 30.8. The summed E-state index contributed by atoms with van der Waals surface area (Å²) >= 11 is 3.60. The maximum Gasteiger partial charge on any atom is 0.264 e. The summed E-state index contributed by atoms with van der Waals surface area (Å²) in [6.45, 7) is 7.03. The first-order chi connectivity index (χ1) is 17.4. The molecule has 1 saturated heterocycles. The molecular formula is C29H34BrFN2O4. The third kappa shape index (κ3) is 4.03. The maximum atomic E-state index is 15.8. The van der Waals surface area contributed by atoms with Crippen LogP contribution in [-0.2, 0) is 32.9 Å². The van der Waals surface area contributed by atoms with Crippen molar-refractivity contribution in [1.82, 2.24) is 4.90 Å². The number of nitrogens with zero attached hydrogens (tertiary/aromatic N) is 2. The number of aliphatic hydroxyl groups is 1. The van der Waals surface area contributed by atoms with Gasteiger partial charge in [0.1, 0.15) is 5.67 Å². The molecule has 0 radical (unpaired) electrons. The van der Waals surface area contributed by atoms with Gasteiger partial charge in [0.25, 0.3) is 5.91 Å². The quantitative estimate of drug-likeness (QED) is 0.578. The smallest absolute Gasteiger partial charge is 0.264 e. The van der Waals surface area contributed by atoms with E-state index in [0.29, 0.717) is 18.5 Å². The van der Waals surface area contributed by atoms with Crippen LogP contribution < -0.4 is 4.90 Å². The fraction of sp³-hybridized carbons (Fsp3) is 0.517. The van der Waals surface area contributed by atoms with Gasteiger partial charge < -0.3 is 19.6 Å². The normalized spacial score (nSPS) is 29.1. The number of rotatable bonds is 4. The molecule has 8 heteroatoms. The zero-order valence-corrected chi connectivity index (χ0v) is 23.5. The summed E-state index contributed by atoms with van der Waals surface area (Å²) in [5, 5.41) is 10.1. The highest BCUT2D eigenvalue weighted by Crippen LogP contribution is 2.59. The first-order valence-electron chi connectivity index (χ1n) is 12.8. The van der Waals surface area contributed by atoms with Crippen molar-refractivity contribution in [2.45, 2.75) is 70.5 Å². The second kappa shape index (κ2) is 9.17. The van der Waals surface area contributed by atoms with Crippen molar-refractivity contribution in [1.29, 1.82) is 0 Å². The van der Waals surface area contributed by atoms with Crippen LogP contribution in [0.4, 0.5) is 10.1 Å². The van der Waals surface area contributed by atoms with E-state index < -0.39 is 29.2 Å². The van der Waals surface area contributed by atoms with Gasteiger partial charge in [-0.15, -0.1) is 0 Å². The fourth-order valence-electron chi connectivity index (χ4n) is 6.91. The molecule has 0 aliphatic carbocycles. The average Bonchev–Trinajstić information content (AvgIpc) is 3.24. The van der Waals surface area contributed by atoms with Crippen LogP contribution in [0.2, 0.25) is 0 Å². The lowest BCUT2D eigenvalue weighted by molar-refractivity contribution is -0.151. The number of aliphatic hydroxyl groups excluding tert-OH is 1. The number of ether oxygens (including phenoxy) is 1. The molecule has 0 bridgehead atoms. The van der Waals surface area contributed by atoms with Crippen molar-refractivity contribution >= 4 is 33.4 Å². The fourth-order valence-corrected chi connectivity index (χ4v) is 7.75. The summed E-state index contributed by atoms with van der Waals surface area (Å²) in [5.74, 6) is -1.65. The molecule has 1 fully saturated rings. The van der Waals surface area contributed by atoms with Gasteiger partial charge in [0, 0.05) is 35.5 Å². The van der Waals surface area contributed by atoms with Gasteiger partial charge in [0.05, 0.1) is 30.9 Å². The van der Waals surface area contributed by atoms with Gasteiger partial charge in [-0.2, -0.15) is 0 Å². The van der Waals surface area contributed by atoms with Crippen LogP contribution >= 0.6 is 15.9 Å². The van der Waals surface area contributed by atoms with Gasteiger partial charge >= 0.3 is 0 Å². The van der Waals surface area contributed by atoms with E-state index in [1.54, 1.807) is 16.8 Å². The van der Waals surface area contributed by atoms with Gasteiger partial charge in [-0.25, -0.2) is 4.39 Å². The van der Waals surface area contributed by atoms with E-state index in [2.05, 4.69) is 15.9 Å². The number of anilines is 1. The first kappa shape index (κ1) is 26.3. The highest BCUT2D eigenvalue weighted by atomic mass is 79.9. The molecule has 0 saturated carbocycles. The van der Waals surface area contributed by atoms with Crippen LogP contribution in [0.1, 0.15) is 49.4 Å². The van der Waals surface area contributed by atoms with E-state index in [0.717, 1.165) is 26.9 Å². The molecule has 0 aromatic heterocycles. The second-order valence-corrected chi connectivity index (χ2v) is 12.2. The molecule has 2 aromatic rings. The Hall–Kier alpha value is -2.29. The number of carbonyl (C=O) groups excluding carboxylic acids is 2. The highest BCUT2D eigenvalue weighted by molar-refractivity contribution is 9.10. The zero-order chi connectivity index (χ0) is 26.9. The third-order valence-corrected chi connectivity index (χ3v) is 9.14. The molecule has 6 nitrogen and oxygen atoms in total. The monoisotopic (exact) mass is 572 g/mol. The Morgan fingerprint density at radius 1 is 1.27 bits per heavy atom. The lowest BCUT2D eigenvalue weighted by atomic mass is 9.71. The highest BCUT2D eigenvalue weighted by Gasteiger charge is 2.66. The molecule has 1 spiro atoms. The molecule has 5 atom stereocenters. The van der Waals surface area contributed by atoms with Crippen molar-refractivity contribution in [3.05, 3.63) is 63.1 Å². The van der Waals surface area contributed by atoms with Gasteiger partial charge in [0.2, 0.25) is 5.91 Å². The predicted molar refractivity (Wildman–Crippen MR) is 143 cm³/mol. The molecule has 37 heavy (non-hydrogen) atoms. The lowest BCUT2D eigenvalue weighted by Gasteiger charge is -2.37. The van der Waals surface area contributed by atoms with Crippen molar-refractivity contribution < 1.29 is 23.8 Å². The van der Waals surface area contributed by atoms with E-state index in [9.17, 15) is 14.7 Å².